The Morgan fingerprint density at radius 3 is 2.67 bits per heavy atom. The summed E-state index contributed by atoms with van der Waals surface area (Å²) in [5.41, 5.74) is 6.00. The highest BCUT2D eigenvalue weighted by Gasteiger charge is 2.27. The van der Waals surface area contributed by atoms with E-state index in [2.05, 4.69) is 4.98 Å². The fraction of sp³-hybridized carbons (Fsp3) is 0.643. The van der Waals surface area contributed by atoms with Gasteiger partial charge in [-0.05, 0) is 33.1 Å². The zero-order valence-electron chi connectivity index (χ0n) is 12.5. The molecule has 1 aliphatic heterocycles. The predicted molar refractivity (Wildman–Crippen MR) is 77.7 cm³/mol. The Bertz CT molecular complexity index is 520. The maximum atomic E-state index is 12.5. The van der Waals surface area contributed by atoms with Crippen LogP contribution in [0.3, 0.4) is 0 Å². The lowest BCUT2D eigenvalue weighted by Gasteiger charge is -2.29. The number of nitrogen functional groups attached to an aromatic ring is 1. The van der Waals surface area contributed by atoms with Crippen molar-refractivity contribution in [1.29, 1.82) is 0 Å². The molecule has 7 nitrogen and oxygen atoms in total. The van der Waals surface area contributed by atoms with Crippen molar-refractivity contribution in [3.63, 3.8) is 0 Å². The standard InChI is InChI=1S/C14H22N4O3/c1-3-21-14(20)11-12(15)18(9-16-11)10(2)13(19)17-7-5-4-6-8-17/h9-10H,3-8,15H2,1-2H3. The monoisotopic (exact) mass is 294 g/mol. The van der Waals surface area contributed by atoms with Crippen molar-refractivity contribution in [2.24, 2.45) is 0 Å². The van der Waals surface area contributed by atoms with Crippen LogP contribution in [0.2, 0.25) is 0 Å². The lowest BCUT2D eigenvalue weighted by molar-refractivity contribution is -0.135. The van der Waals surface area contributed by atoms with Gasteiger partial charge in [0.05, 0.1) is 12.9 Å². The number of likely N-dealkylation sites (tertiary alicyclic amines) is 1. The van der Waals surface area contributed by atoms with E-state index in [4.69, 9.17) is 10.5 Å². The van der Waals surface area contributed by atoms with Crippen molar-refractivity contribution in [3.8, 4) is 0 Å². The van der Waals surface area contributed by atoms with Crippen LogP contribution in [0.4, 0.5) is 5.82 Å². The van der Waals surface area contributed by atoms with E-state index in [1.165, 1.54) is 17.3 Å². The lowest BCUT2D eigenvalue weighted by atomic mass is 10.1. The summed E-state index contributed by atoms with van der Waals surface area (Å²) in [4.78, 5) is 30.0. The predicted octanol–water partition coefficient (Wildman–Crippen LogP) is 1.22. The first-order valence-corrected chi connectivity index (χ1v) is 7.34. The zero-order chi connectivity index (χ0) is 15.4. The molecule has 2 heterocycles. The molecule has 0 aliphatic carbocycles. The second kappa shape index (κ2) is 6.60. The molecular weight excluding hydrogens is 272 g/mol. The number of esters is 1. The average molecular weight is 294 g/mol. The molecule has 1 atom stereocenters. The van der Waals surface area contributed by atoms with Gasteiger partial charge in [-0.15, -0.1) is 0 Å². The fourth-order valence-corrected chi connectivity index (χ4v) is 2.53. The number of carbonyl (C=O) groups excluding carboxylic acids is 2. The van der Waals surface area contributed by atoms with Crippen LogP contribution in [0, 0.1) is 0 Å². The minimum Gasteiger partial charge on any atom is -0.461 e. The molecule has 2 rings (SSSR count). The van der Waals surface area contributed by atoms with Crippen LogP contribution in [0.15, 0.2) is 6.33 Å². The van der Waals surface area contributed by atoms with E-state index in [0.717, 1.165) is 25.9 Å². The van der Waals surface area contributed by atoms with Crippen LogP contribution < -0.4 is 5.73 Å². The van der Waals surface area contributed by atoms with E-state index in [-0.39, 0.29) is 24.0 Å². The van der Waals surface area contributed by atoms with Crippen molar-refractivity contribution in [1.82, 2.24) is 14.5 Å². The molecule has 0 spiro atoms. The smallest absolute Gasteiger partial charge is 0.360 e. The van der Waals surface area contributed by atoms with E-state index in [9.17, 15) is 9.59 Å². The van der Waals surface area contributed by atoms with Crippen LogP contribution in [-0.4, -0.2) is 46.0 Å². The van der Waals surface area contributed by atoms with Gasteiger partial charge in [0.1, 0.15) is 11.9 Å². The highest BCUT2D eigenvalue weighted by molar-refractivity contribution is 5.92. The Hall–Kier alpha value is -2.05. The van der Waals surface area contributed by atoms with Gasteiger partial charge in [0.2, 0.25) is 5.91 Å². The molecule has 21 heavy (non-hydrogen) atoms. The number of imidazole rings is 1. The highest BCUT2D eigenvalue weighted by Crippen LogP contribution is 2.21. The minimum absolute atomic E-state index is 0.00853. The number of aromatic nitrogens is 2. The summed E-state index contributed by atoms with van der Waals surface area (Å²) in [5.74, 6) is -0.383. The van der Waals surface area contributed by atoms with Gasteiger partial charge in [-0.25, -0.2) is 9.78 Å². The zero-order valence-corrected chi connectivity index (χ0v) is 12.5. The molecule has 1 saturated heterocycles. The van der Waals surface area contributed by atoms with Gasteiger partial charge in [-0.1, -0.05) is 0 Å². The van der Waals surface area contributed by atoms with E-state index >= 15 is 0 Å². The van der Waals surface area contributed by atoms with E-state index < -0.39 is 12.0 Å². The SMILES string of the molecule is CCOC(=O)c1ncn(C(C)C(=O)N2CCCCC2)c1N. The first-order valence-electron chi connectivity index (χ1n) is 7.34. The van der Waals surface area contributed by atoms with Gasteiger partial charge >= 0.3 is 5.97 Å². The Morgan fingerprint density at radius 1 is 1.38 bits per heavy atom. The van der Waals surface area contributed by atoms with Gasteiger partial charge < -0.3 is 19.9 Å². The van der Waals surface area contributed by atoms with Gasteiger partial charge in [0, 0.05) is 13.1 Å². The van der Waals surface area contributed by atoms with Crippen molar-refractivity contribution >= 4 is 17.7 Å². The normalized spacial score (nSPS) is 16.6. The number of carbonyl (C=O) groups is 2. The number of hydrogen-bond donors (Lipinski definition) is 1. The fourth-order valence-electron chi connectivity index (χ4n) is 2.53. The Morgan fingerprint density at radius 2 is 2.05 bits per heavy atom. The molecule has 1 aliphatic rings. The number of ether oxygens (including phenoxy) is 1. The quantitative estimate of drug-likeness (QED) is 0.843. The van der Waals surface area contributed by atoms with Crippen LogP contribution in [0.25, 0.3) is 0 Å². The van der Waals surface area contributed by atoms with Gasteiger partial charge in [0.15, 0.2) is 5.69 Å². The lowest BCUT2D eigenvalue weighted by Crippen LogP contribution is -2.39. The molecular formula is C14H22N4O3. The molecule has 1 aromatic heterocycles. The van der Waals surface area contributed by atoms with Gasteiger partial charge in [-0.2, -0.15) is 0 Å². The van der Waals surface area contributed by atoms with Crippen LogP contribution in [-0.2, 0) is 9.53 Å². The van der Waals surface area contributed by atoms with E-state index in [1.807, 2.05) is 4.90 Å². The Balaban J connectivity index is 2.13. The number of rotatable bonds is 4. The van der Waals surface area contributed by atoms with Crippen molar-refractivity contribution < 1.29 is 14.3 Å². The van der Waals surface area contributed by atoms with Crippen LogP contribution in [0.1, 0.15) is 49.6 Å². The Kier molecular flexibility index (Phi) is 4.82. The minimum atomic E-state index is -0.564. The van der Waals surface area contributed by atoms with Crippen molar-refractivity contribution in [3.05, 3.63) is 12.0 Å². The number of amides is 1. The first-order chi connectivity index (χ1) is 10.1. The van der Waals surface area contributed by atoms with Gasteiger partial charge in [-0.3, -0.25) is 4.79 Å². The molecule has 1 amide bonds. The van der Waals surface area contributed by atoms with E-state index in [1.54, 1.807) is 13.8 Å². The molecule has 116 valence electrons. The summed E-state index contributed by atoms with van der Waals surface area (Å²) >= 11 is 0. The topological polar surface area (TPSA) is 90.4 Å². The summed E-state index contributed by atoms with van der Waals surface area (Å²) in [5, 5.41) is 0. The third-order valence-electron chi connectivity index (χ3n) is 3.74. The molecule has 0 radical (unpaired) electrons. The summed E-state index contributed by atoms with van der Waals surface area (Å²) in [6.07, 6.45) is 4.66. The second-order valence-corrected chi connectivity index (χ2v) is 5.17. The summed E-state index contributed by atoms with van der Waals surface area (Å²) in [6, 6.07) is -0.473. The third-order valence-corrected chi connectivity index (χ3v) is 3.74. The average Bonchev–Trinajstić information content (AvgIpc) is 2.88. The molecule has 7 heteroatoms. The number of anilines is 1. The Labute approximate surface area is 124 Å². The first kappa shape index (κ1) is 15.3. The number of piperidine rings is 1. The molecule has 1 aromatic rings. The molecule has 0 bridgehead atoms. The van der Waals surface area contributed by atoms with Crippen LogP contribution >= 0.6 is 0 Å². The molecule has 1 unspecified atom stereocenters. The summed E-state index contributed by atoms with van der Waals surface area (Å²) in [6.45, 7) is 5.30. The van der Waals surface area contributed by atoms with Crippen LogP contribution in [0.5, 0.6) is 0 Å². The summed E-state index contributed by atoms with van der Waals surface area (Å²) < 4.78 is 6.42. The third kappa shape index (κ3) is 3.17. The second-order valence-electron chi connectivity index (χ2n) is 5.17. The molecule has 1 fully saturated rings. The van der Waals surface area contributed by atoms with Crippen molar-refractivity contribution in [2.45, 2.75) is 39.2 Å². The largest absolute Gasteiger partial charge is 0.461 e. The maximum Gasteiger partial charge on any atom is 0.360 e. The van der Waals surface area contributed by atoms with E-state index in [0.29, 0.717) is 0 Å². The maximum absolute atomic E-state index is 12.5. The molecule has 0 aromatic carbocycles. The highest BCUT2D eigenvalue weighted by atomic mass is 16.5. The molecule has 0 saturated carbocycles. The number of nitrogens with two attached hydrogens (primary N) is 1. The number of hydrogen-bond acceptors (Lipinski definition) is 5. The van der Waals surface area contributed by atoms with Gasteiger partial charge in [0.25, 0.3) is 0 Å². The number of nitrogens with zero attached hydrogens (tertiary/aromatic N) is 3. The van der Waals surface area contributed by atoms with Crippen molar-refractivity contribution in [2.75, 3.05) is 25.4 Å². The summed E-state index contributed by atoms with van der Waals surface area (Å²) in [7, 11) is 0. The molecule has 2 N–H and O–H groups in total.